The zero-order valence-corrected chi connectivity index (χ0v) is 10.5. The average molecular weight is 247 g/mol. The highest BCUT2D eigenvalue weighted by molar-refractivity contribution is 8.02. The van der Waals surface area contributed by atoms with Crippen molar-refractivity contribution in [2.45, 2.75) is 5.75 Å². The third-order valence-corrected chi connectivity index (χ3v) is 4.39. The predicted molar refractivity (Wildman–Crippen MR) is 70.6 cm³/mol. The average Bonchev–Trinajstić information content (AvgIpc) is 2.25. The van der Waals surface area contributed by atoms with Crippen molar-refractivity contribution in [1.29, 1.82) is 0 Å². The monoisotopic (exact) mass is 246 g/mol. The number of rotatable bonds is 7. The maximum atomic E-state index is 5.58. The molecule has 0 unspecified atom stereocenters. The molecule has 1 aromatic rings. The Balaban J connectivity index is 1.99. The van der Waals surface area contributed by atoms with Gasteiger partial charge in [0.1, 0.15) is 0 Å². The highest BCUT2D eigenvalue weighted by atomic mass is 35.5. The number of alkyl halides is 1. The number of hydrogen-bond acceptors (Lipinski definition) is 2. The maximum Gasteiger partial charge on any atom is 0.0314 e. The Hall–Kier alpha value is 0.210. The Bertz CT molecular complexity index is 226. The standard InChI is InChI=1S/C11H15ClS2/c12-6-7-13-8-9-14-10-11-4-2-1-3-5-11/h1-5H,6-10H2. The van der Waals surface area contributed by atoms with Gasteiger partial charge in [0.2, 0.25) is 0 Å². The number of halogens is 1. The summed E-state index contributed by atoms with van der Waals surface area (Å²) in [5.74, 6) is 5.41. The molecule has 0 N–H and O–H groups in total. The summed E-state index contributed by atoms with van der Waals surface area (Å²) in [6.07, 6.45) is 0. The van der Waals surface area contributed by atoms with Crippen LogP contribution in [0.1, 0.15) is 5.56 Å². The van der Waals surface area contributed by atoms with E-state index in [0.717, 1.165) is 17.4 Å². The van der Waals surface area contributed by atoms with Crippen molar-refractivity contribution in [3.8, 4) is 0 Å². The first-order valence-corrected chi connectivity index (χ1v) is 7.53. The second-order valence-electron chi connectivity index (χ2n) is 2.84. The Morgan fingerprint density at radius 3 is 2.36 bits per heavy atom. The van der Waals surface area contributed by atoms with E-state index in [-0.39, 0.29) is 0 Å². The van der Waals surface area contributed by atoms with Crippen LogP contribution in [0.2, 0.25) is 0 Å². The highest BCUT2D eigenvalue weighted by Crippen LogP contribution is 2.13. The highest BCUT2D eigenvalue weighted by Gasteiger charge is 1.92. The van der Waals surface area contributed by atoms with Crippen LogP contribution in [0.5, 0.6) is 0 Å². The van der Waals surface area contributed by atoms with E-state index in [0.29, 0.717) is 0 Å². The third-order valence-electron chi connectivity index (χ3n) is 1.71. The summed E-state index contributed by atoms with van der Waals surface area (Å²) >= 11 is 9.51. The van der Waals surface area contributed by atoms with E-state index >= 15 is 0 Å². The molecule has 0 aliphatic carbocycles. The summed E-state index contributed by atoms with van der Waals surface area (Å²) in [5, 5.41) is 0. The molecular formula is C11H15ClS2. The minimum Gasteiger partial charge on any atom is -0.160 e. The lowest BCUT2D eigenvalue weighted by atomic mass is 10.2. The number of hydrogen-bond donors (Lipinski definition) is 0. The fourth-order valence-corrected chi connectivity index (χ4v) is 3.19. The summed E-state index contributed by atoms with van der Waals surface area (Å²) in [5.41, 5.74) is 1.42. The molecule has 0 spiro atoms. The van der Waals surface area contributed by atoms with E-state index in [4.69, 9.17) is 11.6 Å². The Morgan fingerprint density at radius 2 is 1.64 bits per heavy atom. The summed E-state index contributed by atoms with van der Waals surface area (Å²) in [7, 11) is 0. The molecule has 0 saturated carbocycles. The summed E-state index contributed by atoms with van der Waals surface area (Å²) < 4.78 is 0. The van der Waals surface area contributed by atoms with Gasteiger partial charge in [-0.15, -0.1) is 11.6 Å². The smallest absolute Gasteiger partial charge is 0.0314 e. The summed E-state index contributed by atoms with van der Waals surface area (Å²) in [6, 6.07) is 10.6. The van der Waals surface area contributed by atoms with E-state index < -0.39 is 0 Å². The van der Waals surface area contributed by atoms with Gasteiger partial charge in [0, 0.05) is 28.9 Å². The van der Waals surface area contributed by atoms with Gasteiger partial charge in [0.15, 0.2) is 0 Å². The maximum absolute atomic E-state index is 5.58. The van der Waals surface area contributed by atoms with Gasteiger partial charge in [0.25, 0.3) is 0 Å². The van der Waals surface area contributed by atoms with Crippen molar-refractivity contribution in [3.63, 3.8) is 0 Å². The molecule has 0 fully saturated rings. The molecule has 0 saturated heterocycles. The quantitative estimate of drug-likeness (QED) is 0.529. The first kappa shape index (κ1) is 12.3. The van der Waals surface area contributed by atoms with Crippen LogP contribution in [0.15, 0.2) is 30.3 Å². The van der Waals surface area contributed by atoms with Gasteiger partial charge in [0.05, 0.1) is 0 Å². The Labute approximate surface area is 99.8 Å². The fourth-order valence-electron chi connectivity index (χ4n) is 1.04. The van der Waals surface area contributed by atoms with E-state index in [1.807, 2.05) is 23.5 Å². The molecule has 3 heteroatoms. The molecule has 0 amide bonds. The van der Waals surface area contributed by atoms with Crippen molar-refractivity contribution in [2.24, 2.45) is 0 Å². The largest absolute Gasteiger partial charge is 0.160 e. The normalized spacial score (nSPS) is 10.4. The second kappa shape index (κ2) is 8.51. The lowest BCUT2D eigenvalue weighted by Crippen LogP contribution is -1.88. The minimum atomic E-state index is 0.772. The van der Waals surface area contributed by atoms with Gasteiger partial charge < -0.3 is 0 Å². The van der Waals surface area contributed by atoms with Crippen molar-refractivity contribution in [1.82, 2.24) is 0 Å². The van der Waals surface area contributed by atoms with Crippen molar-refractivity contribution < 1.29 is 0 Å². The van der Waals surface area contributed by atoms with Crippen LogP contribution in [-0.2, 0) is 5.75 Å². The van der Waals surface area contributed by atoms with Gasteiger partial charge in [-0.3, -0.25) is 0 Å². The first-order chi connectivity index (χ1) is 6.93. The van der Waals surface area contributed by atoms with Crippen LogP contribution in [0, 0.1) is 0 Å². The number of benzene rings is 1. The van der Waals surface area contributed by atoms with Crippen LogP contribution < -0.4 is 0 Å². The molecule has 0 bridgehead atoms. The summed E-state index contributed by atoms with van der Waals surface area (Å²) in [6.45, 7) is 0. The van der Waals surface area contributed by atoms with Crippen molar-refractivity contribution in [3.05, 3.63) is 35.9 Å². The molecule has 14 heavy (non-hydrogen) atoms. The van der Waals surface area contributed by atoms with Crippen LogP contribution in [0.4, 0.5) is 0 Å². The van der Waals surface area contributed by atoms with Gasteiger partial charge in [-0.2, -0.15) is 23.5 Å². The Morgan fingerprint density at radius 1 is 0.929 bits per heavy atom. The molecule has 0 aliphatic heterocycles. The minimum absolute atomic E-state index is 0.772. The molecule has 0 aromatic heterocycles. The molecule has 1 rings (SSSR count). The Kier molecular flexibility index (Phi) is 7.47. The molecule has 78 valence electrons. The van der Waals surface area contributed by atoms with Crippen LogP contribution in [0.25, 0.3) is 0 Å². The van der Waals surface area contributed by atoms with E-state index in [1.165, 1.54) is 17.1 Å². The van der Waals surface area contributed by atoms with E-state index in [2.05, 4.69) is 30.3 Å². The van der Waals surface area contributed by atoms with Crippen molar-refractivity contribution in [2.75, 3.05) is 23.1 Å². The van der Waals surface area contributed by atoms with E-state index in [9.17, 15) is 0 Å². The lowest BCUT2D eigenvalue weighted by Gasteiger charge is -2.01. The molecule has 1 aromatic carbocycles. The van der Waals surface area contributed by atoms with Crippen LogP contribution in [0.3, 0.4) is 0 Å². The van der Waals surface area contributed by atoms with Crippen LogP contribution >= 0.6 is 35.1 Å². The van der Waals surface area contributed by atoms with Gasteiger partial charge >= 0.3 is 0 Å². The first-order valence-electron chi connectivity index (χ1n) is 4.69. The van der Waals surface area contributed by atoms with Crippen molar-refractivity contribution >= 4 is 35.1 Å². The fraction of sp³-hybridized carbons (Fsp3) is 0.455. The van der Waals surface area contributed by atoms with E-state index in [1.54, 1.807) is 0 Å². The number of thioether (sulfide) groups is 2. The molecule has 0 nitrogen and oxygen atoms in total. The lowest BCUT2D eigenvalue weighted by molar-refractivity contribution is 1.40. The topological polar surface area (TPSA) is 0 Å². The molecular weight excluding hydrogens is 232 g/mol. The molecule has 0 atom stereocenters. The molecule has 0 radical (unpaired) electrons. The van der Waals surface area contributed by atoms with Gasteiger partial charge in [-0.25, -0.2) is 0 Å². The third kappa shape index (κ3) is 5.84. The molecule has 0 aliphatic rings. The zero-order valence-electron chi connectivity index (χ0n) is 8.12. The SMILES string of the molecule is ClCCSCCSCc1ccccc1. The van der Waals surface area contributed by atoms with Gasteiger partial charge in [-0.1, -0.05) is 30.3 Å². The zero-order chi connectivity index (χ0) is 10.1. The summed E-state index contributed by atoms with van der Waals surface area (Å²) in [4.78, 5) is 0. The van der Waals surface area contributed by atoms with Crippen LogP contribution in [-0.4, -0.2) is 23.1 Å². The predicted octanol–water partition coefficient (Wildman–Crippen LogP) is 3.89. The second-order valence-corrected chi connectivity index (χ2v) is 5.55. The van der Waals surface area contributed by atoms with Gasteiger partial charge in [-0.05, 0) is 5.56 Å². The molecule has 0 heterocycles.